The molecule has 3 N–H and O–H groups in total. The van der Waals surface area contributed by atoms with Crippen molar-refractivity contribution in [3.8, 4) is 0 Å². The maximum atomic E-state index is 5.99. The van der Waals surface area contributed by atoms with Gasteiger partial charge in [-0.25, -0.2) is 0 Å². The molecule has 2 saturated heterocycles. The molecule has 3 nitrogen and oxygen atoms in total. The molecule has 0 aromatic carbocycles. The van der Waals surface area contributed by atoms with E-state index in [0.717, 1.165) is 39.0 Å². The van der Waals surface area contributed by atoms with Crippen LogP contribution in [0.15, 0.2) is 0 Å². The first-order valence-corrected chi connectivity index (χ1v) is 4.44. The lowest BCUT2D eigenvalue weighted by molar-refractivity contribution is -0.0273. The third-order valence-corrected chi connectivity index (χ3v) is 2.94. The lowest BCUT2D eigenvalue weighted by Crippen LogP contribution is -2.51. The molecule has 0 saturated carbocycles. The smallest absolute Gasteiger partial charge is 0.0857 e. The Labute approximate surface area is 67.3 Å². The quantitative estimate of drug-likeness (QED) is 0.513. The zero-order valence-electron chi connectivity index (χ0n) is 6.81. The van der Waals surface area contributed by atoms with Gasteiger partial charge < -0.3 is 15.8 Å². The Morgan fingerprint density at radius 2 is 2.09 bits per heavy atom. The minimum Gasteiger partial charge on any atom is -0.373 e. The molecule has 0 aliphatic carbocycles. The summed E-state index contributed by atoms with van der Waals surface area (Å²) in [5.74, 6) is 0. The second-order valence-electron chi connectivity index (χ2n) is 3.56. The zero-order chi connectivity index (χ0) is 7.73. The van der Waals surface area contributed by atoms with Crippen LogP contribution < -0.4 is 11.1 Å². The van der Waals surface area contributed by atoms with E-state index in [0.29, 0.717) is 0 Å². The third kappa shape index (κ3) is 1.17. The highest BCUT2D eigenvalue weighted by molar-refractivity contribution is 4.98. The van der Waals surface area contributed by atoms with Gasteiger partial charge in [-0.1, -0.05) is 0 Å². The number of nitrogens with one attached hydrogen (secondary N) is 1. The molecule has 2 rings (SSSR count). The van der Waals surface area contributed by atoms with Crippen molar-refractivity contribution in [2.45, 2.75) is 30.9 Å². The van der Waals surface area contributed by atoms with Crippen LogP contribution in [0.2, 0.25) is 0 Å². The van der Waals surface area contributed by atoms with Gasteiger partial charge in [0.2, 0.25) is 0 Å². The summed E-state index contributed by atoms with van der Waals surface area (Å²) in [6.07, 6.45) is 3.22. The van der Waals surface area contributed by atoms with Crippen molar-refractivity contribution in [1.29, 1.82) is 0 Å². The fourth-order valence-electron chi connectivity index (χ4n) is 2.12. The largest absolute Gasteiger partial charge is 0.373 e. The molecule has 2 fully saturated rings. The van der Waals surface area contributed by atoms with Gasteiger partial charge in [0.15, 0.2) is 0 Å². The fraction of sp³-hybridized carbons (Fsp3) is 1.00. The summed E-state index contributed by atoms with van der Waals surface area (Å²) in [7, 11) is 0. The van der Waals surface area contributed by atoms with Crippen molar-refractivity contribution in [3.05, 3.63) is 0 Å². The molecule has 0 bridgehead atoms. The molecule has 0 aromatic rings. The highest BCUT2D eigenvalue weighted by Gasteiger charge is 2.42. The van der Waals surface area contributed by atoms with E-state index in [1.807, 2.05) is 0 Å². The van der Waals surface area contributed by atoms with Crippen molar-refractivity contribution < 1.29 is 4.74 Å². The van der Waals surface area contributed by atoms with Gasteiger partial charge in [0.25, 0.3) is 0 Å². The Morgan fingerprint density at radius 3 is 2.64 bits per heavy atom. The van der Waals surface area contributed by atoms with Crippen LogP contribution in [0.5, 0.6) is 0 Å². The topological polar surface area (TPSA) is 47.3 Å². The van der Waals surface area contributed by atoms with Crippen molar-refractivity contribution in [2.24, 2.45) is 5.73 Å². The van der Waals surface area contributed by atoms with Crippen LogP contribution >= 0.6 is 0 Å². The first-order valence-electron chi connectivity index (χ1n) is 4.44. The molecular weight excluding hydrogens is 140 g/mol. The molecule has 3 heteroatoms. The maximum absolute atomic E-state index is 5.99. The predicted octanol–water partition coefficient (Wildman–Crippen LogP) is -0.144. The second kappa shape index (κ2) is 2.73. The molecule has 1 atom stereocenters. The summed E-state index contributed by atoms with van der Waals surface area (Å²) in [4.78, 5) is 0. The molecule has 0 aromatic heterocycles. The van der Waals surface area contributed by atoms with Gasteiger partial charge >= 0.3 is 0 Å². The summed E-state index contributed by atoms with van der Waals surface area (Å²) in [6, 6.07) is 0.282. The SMILES string of the molecule is NC1CCOC12CCNCC2. The van der Waals surface area contributed by atoms with Gasteiger partial charge in [0.1, 0.15) is 0 Å². The van der Waals surface area contributed by atoms with Crippen molar-refractivity contribution in [2.75, 3.05) is 19.7 Å². The van der Waals surface area contributed by atoms with E-state index in [1.165, 1.54) is 0 Å². The summed E-state index contributed by atoms with van der Waals surface area (Å²) < 4.78 is 5.73. The summed E-state index contributed by atoms with van der Waals surface area (Å²) in [6.45, 7) is 2.99. The van der Waals surface area contributed by atoms with Crippen LogP contribution in [0.3, 0.4) is 0 Å². The van der Waals surface area contributed by atoms with Gasteiger partial charge in [-0.15, -0.1) is 0 Å². The van der Waals surface area contributed by atoms with Gasteiger partial charge in [-0.05, 0) is 32.4 Å². The summed E-state index contributed by atoms with van der Waals surface area (Å²) in [5.41, 5.74) is 6.04. The third-order valence-electron chi connectivity index (χ3n) is 2.94. The Bertz CT molecular complexity index is 143. The second-order valence-corrected chi connectivity index (χ2v) is 3.56. The van der Waals surface area contributed by atoms with Crippen molar-refractivity contribution in [1.82, 2.24) is 5.32 Å². The first-order chi connectivity index (χ1) is 5.33. The molecule has 2 aliphatic heterocycles. The molecule has 2 heterocycles. The average Bonchev–Trinajstić information content (AvgIpc) is 2.36. The predicted molar refractivity (Wildman–Crippen MR) is 43.4 cm³/mol. The molecule has 64 valence electrons. The van der Waals surface area contributed by atoms with E-state index in [-0.39, 0.29) is 11.6 Å². The lowest BCUT2D eigenvalue weighted by atomic mass is 9.86. The van der Waals surface area contributed by atoms with E-state index in [9.17, 15) is 0 Å². The molecule has 0 radical (unpaired) electrons. The van der Waals surface area contributed by atoms with E-state index in [1.54, 1.807) is 0 Å². The average molecular weight is 156 g/mol. The highest BCUT2D eigenvalue weighted by Crippen LogP contribution is 2.32. The zero-order valence-corrected chi connectivity index (χ0v) is 6.81. The standard InChI is InChI=1S/C8H16N2O/c9-7-1-6-11-8(7)2-4-10-5-3-8/h7,10H,1-6,9H2. The number of nitrogens with two attached hydrogens (primary N) is 1. The van der Waals surface area contributed by atoms with Crippen molar-refractivity contribution >= 4 is 0 Å². The number of piperidine rings is 1. The van der Waals surface area contributed by atoms with Gasteiger partial charge in [-0.2, -0.15) is 0 Å². The summed E-state index contributed by atoms with van der Waals surface area (Å²) in [5, 5.41) is 3.32. The Morgan fingerprint density at radius 1 is 1.36 bits per heavy atom. The van der Waals surface area contributed by atoms with E-state index >= 15 is 0 Å². The maximum Gasteiger partial charge on any atom is 0.0857 e. The Kier molecular flexibility index (Phi) is 1.87. The van der Waals surface area contributed by atoms with Crippen LogP contribution in [-0.2, 0) is 4.74 Å². The number of hydrogen-bond donors (Lipinski definition) is 2. The van der Waals surface area contributed by atoms with Crippen LogP contribution in [0, 0.1) is 0 Å². The number of hydrogen-bond acceptors (Lipinski definition) is 3. The molecular formula is C8H16N2O. The minimum absolute atomic E-state index is 0.0469. The van der Waals surface area contributed by atoms with Crippen LogP contribution in [0.1, 0.15) is 19.3 Å². The van der Waals surface area contributed by atoms with Crippen LogP contribution in [0.25, 0.3) is 0 Å². The Hall–Kier alpha value is -0.120. The van der Waals surface area contributed by atoms with Gasteiger partial charge in [0.05, 0.1) is 5.60 Å². The number of rotatable bonds is 0. The normalized spacial score (nSPS) is 36.3. The van der Waals surface area contributed by atoms with E-state index in [2.05, 4.69) is 5.32 Å². The van der Waals surface area contributed by atoms with E-state index < -0.39 is 0 Å². The molecule has 2 aliphatic rings. The highest BCUT2D eigenvalue weighted by atomic mass is 16.5. The fourth-order valence-corrected chi connectivity index (χ4v) is 2.12. The monoisotopic (exact) mass is 156 g/mol. The Balaban J connectivity index is 2.06. The first kappa shape index (κ1) is 7.53. The van der Waals surface area contributed by atoms with Crippen LogP contribution in [-0.4, -0.2) is 31.3 Å². The van der Waals surface area contributed by atoms with E-state index in [4.69, 9.17) is 10.5 Å². The molecule has 0 amide bonds. The molecule has 11 heavy (non-hydrogen) atoms. The number of ether oxygens (including phenoxy) is 1. The van der Waals surface area contributed by atoms with Crippen LogP contribution in [0.4, 0.5) is 0 Å². The van der Waals surface area contributed by atoms with Gasteiger partial charge in [-0.3, -0.25) is 0 Å². The van der Waals surface area contributed by atoms with Gasteiger partial charge in [0, 0.05) is 12.6 Å². The lowest BCUT2D eigenvalue weighted by Gasteiger charge is -2.36. The molecule has 1 spiro atoms. The minimum atomic E-state index is 0.0469. The van der Waals surface area contributed by atoms with Crippen molar-refractivity contribution in [3.63, 3.8) is 0 Å². The molecule has 1 unspecified atom stereocenters. The summed E-state index contributed by atoms with van der Waals surface area (Å²) >= 11 is 0.